The van der Waals surface area contributed by atoms with Gasteiger partial charge in [0.25, 0.3) is 0 Å². The molecule has 2 heterocycles. The molecule has 0 aliphatic rings. The zero-order valence-electron chi connectivity index (χ0n) is 34.6. The van der Waals surface area contributed by atoms with Crippen LogP contribution in [-0.4, -0.2) is 17.2 Å². The Balaban J connectivity index is 1.15. The van der Waals surface area contributed by atoms with E-state index >= 15 is 0 Å². The van der Waals surface area contributed by atoms with Gasteiger partial charge in [-0.1, -0.05) is 218 Å². The number of aromatic nitrogens is 2. The maximum atomic E-state index is 2.51. The lowest BCUT2D eigenvalue weighted by Gasteiger charge is -2.35. The van der Waals surface area contributed by atoms with E-state index in [1.165, 1.54) is 86.6 Å². The summed E-state index contributed by atoms with van der Waals surface area (Å²) < 4.78 is 5.00. The van der Waals surface area contributed by atoms with E-state index in [9.17, 15) is 0 Å². The summed E-state index contributed by atoms with van der Waals surface area (Å²) in [5.41, 5.74) is 11.8. The monoisotopic (exact) mass is 818 g/mol. The number of hydrogen-bond acceptors (Lipinski definition) is 0. The predicted octanol–water partition coefficient (Wildman–Crippen LogP) is 12.6. The Kier molecular flexibility index (Phi) is 8.87. The lowest BCUT2D eigenvalue weighted by atomic mass is 9.93. The third-order valence-electron chi connectivity index (χ3n) is 13.1. The first-order valence-corrected chi connectivity index (χ1v) is 23.8. The van der Waals surface area contributed by atoms with Crippen molar-refractivity contribution in [3.05, 3.63) is 255 Å². The molecule has 0 radical (unpaired) electrons. The van der Waals surface area contributed by atoms with E-state index in [2.05, 4.69) is 264 Å². The number of hydrogen-bond donors (Lipinski definition) is 0. The first-order chi connectivity index (χ1) is 31.3. The highest BCUT2D eigenvalue weighted by atomic mass is 28.3. The van der Waals surface area contributed by atoms with Crippen LogP contribution in [0.15, 0.2) is 255 Å². The average molecular weight is 819 g/mol. The van der Waals surface area contributed by atoms with Gasteiger partial charge in [0.2, 0.25) is 0 Å². The van der Waals surface area contributed by atoms with E-state index in [0.29, 0.717) is 0 Å². The summed E-state index contributed by atoms with van der Waals surface area (Å²) in [5.74, 6) is 0. The summed E-state index contributed by atoms with van der Waals surface area (Å²) in [7, 11) is -2.87. The van der Waals surface area contributed by atoms with Crippen LogP contribution in [0.5, 0.6) is 0 Å². The van der Waals surface area contributed by atoms with Crippen LogP contribution < -0.4 is 20.7 Å². The van der Waals surface area contributed by atoms with Crippen molar-refractivity contribution in [1.29, 1.82) is 0 Å². The highest BCUT2D eigenvalue weighted by molar-refractivity contribution is 7.20. The van der Waals surface area contributed by atoms with Crippen LogP contribution in [0.1, 0.15) is 0 Å². The topological polar surface area (TPSA) is 9.86 Å². The summed E-state index contributed by atoms with van der Waals surface area (Å²) in [6, 6.07) is 94.2. The predicted molar refractivity (Wildman–Crippen MR) is 270 cm³/mol. The number of benzene rings is 10. The van der Waals surface area contributed by atoms with E-state index in [4.69, 9.17) is 0 Å². The van der Waals surface area contributed by atoms with Crippen LogP contribution in [0.4, 0.5) is 0 Å². The molecule has 0 saturated heterocycles. The Morgan fingerprint density at radius 1 is 0.286 bits per heavy atom. The number of para-hydroxylation sites is 3. The molecule has 0 fully saturated rings. The molecule has 0 spiro atoms. The Hall–Kier alpha value is -7.98. The summed E-state index contributed by atoms with van der Waals surface area (Å²) in [4.78, 5) is 0. The van der Waals surface area contributed by atoms with Crippen molar-refractivity contribution in [2.75, 3.05) is 0 Å². The Morgan fingerprint density at radius 3 is 1.41 bits per heavy atom. The largest absolute Gasteiger partial charge is 0.309 e. The normalized spacial score (nSPS) is 11.8. The Morgan fingerprint density at radius 2 is 0.762 bits per heavy atom. The van der Waals surface area contributed by atoms with Gasteiger partial charge in [-0.3, -0.25) is 0 Å². The third kappa shape index (κ3) is 5.78. The standard InChI is InChI=1S/C60H42N2Si/c1-5-22-43(23-6-1)48-30-13-14-31-49(48)50-32-15-18-35-54(50)62-55-36-19-16-33-51(55)52-41-40-44(42-58(52)62)61-56-37-20-17-34-53(56)60-57(61)38-21-39-59(60)63(45-24-7-2-8-25-45,46-26-9-3-10-27-46)47-28-11-4-12-29-47/h1-42H. The van der Waals surface area contributed by atoms with Gasteiger partial charge in [-0.2, -0.15) is 0 Å². The fourth-order valence-electron chi connectivity index (χ4n) is 10.5. The molecule has 2 nitrogen and oxygen atoms in total. The first kappa shape index (κ1) is 36.8. The van der Waals surface area contributed by atoms with Gasteiger partial charge >= 0.3 is 0 Å². The van der Waals surface area contributed by atoms with Crippen molar-refractivity contribution in [1.82, 2.24) is 9.13 Å². The summed E-state index contributed by atoms with van der Waals surface area (Å²) in [5, 5.41) is 10.5. The smallest absolute Gasteiger partial charge is 0.180 e. The zero-order valence-corrected chi connectivity index (χ0v) is 35.6. The second-order valence-electron chi connectivity index (χ2n) is 16.4. The fourth-order valence-corrected chi connectivity index (χ4v) is 15.5. The third-order valence-corrected chi connectivity index (χ3v) is 17.9. The molecular weight excluding hydrogens is 777 g/mol. The van der Waals surface area contributed by atoms with Crippen molar-refractivity contribution in [2.45, 2.75) is 0 Å². The van der Waals surface area contributed by atoms with Crippen molar-refractivity contribution < 1.29 is 0 Å². The molecular formula is C60H42N2Si. The maximum absolute atomic E-state index is 2.87. The summed E-state index contributed by atoms with van der Waals surface area (Å²) in [6.45, 7) is 0. The molecule has 0 amide bonds. The summed E-state index contributed by atoms with van der Waals surface area (Å²) >= 11 is 0. The molecule has 0 N–H and O–H groups in total. The van der Waals surface area contributed by atoms with Crippen LogP contribution in [0.25, 0.3) is 77.2 Å². The van der Waals surface area contributed by atoms with Crippen molar-refractivity contribution in [2.24, 2.45) is 0 Å². The van der Waals surface area contributed by atoms with Crippen molar-refractivity contribution in [3.8, 4) is 33.6 Å². The lowest BCUT2D eigenvalue weighted by molar-refractivity contribution is 1.16. The van der Waals surface area contributed by atoms with Gasteiger partial charge in [0.1, 0.15) is 0 Å². The highest BCUT2D eigenvalue weighted by Gasteiger charge is 2.43. The molecule has 10 aromatic carbocycles. The lowest BCUT2D eigenvalue weighted by Crippen LogP contribution is -2.74. The number of nitrogens with zero attached hydrogens (tertiary/aromatic N) is 2. The maximum Gasteiger partial charge on any atom is 0.180 e. The number of rotatable bonds is 8. The Bertz CT molecular complexity index is 3510. The number of fused-ring (bicyclic) bond motifs is 6. The van der Waals surface area contributed by atoms with Gasteiger partial charge < -0.3 is 9.13 Å². The molecule has 63 heavy (non-hydrogen) atoms. The molecule has 0 unspecified atom stereocenters. The summed E-state index contributed by atoms with van der Waals surface area (Å²) in [6.07, 6.45) is 0. The van der Waals surface area contributed by atoms with E-state index < -0.39 is 8.07 Å². The second kappa shape index (κ2) is 15.2. The van der Waals surface area contributed by atoms with Crippen LogP contribution in [-0.2, 0) is 0 Å². The van der Waals surface area contributed by atoms with Crippen molar-refractivity contribution in [3.63, 3.8) is 0 Å². The molecule has 2 aromatic heterocycles. The Labute approximate surface area is 368 Å². The van der Waals surface area contributed by atoms with E-state index in [-0.39, 0.29) is 0 Å². The van der Waals surface area contributed by atoms with Gasteiger partial charge in [0.05, 0.1) is 27.8 Å². The molecule has 0 aliphatic carbocycles. The van der Waals surface area contributed by atoms with Crippen molar-refractivity contribution >= 4 is 72.4 Å². The zero-order chi connectivity index (χ0) is 41.7. The van der Waals surface area contributed by atoms with E-state index in [1.807, 2.05) is 0 Å². The van der Waals surface area contributed by atoms with Crippen LogP contribution in [0, 0.1) is 0 Å². The molecule has 0 bridgehead atoms. The molecule has 0 aliphatic heterocycles. The van der Waals surface area contributed by atoms with Gasteiger partial charge in [-0.05, 0) is 73.8 Å². The average Bonchev–Trinajstić information content (AvgIpc) is 3.88. The van der Waals surface area contributed by atoms with Gasteiger partial charge in [0, 0.05) is 32.8 Å². The molecule has 296 valence electrons. The molecule has 3 heteroatoms. The minimum Gasteiger partial charge on any atom is -0.309 e. The molecule has 12 rings (SSSR count). The van der Waals surface area contributed by atoms with E-state index in [0.717, 1.165) is 11.4 Å². The first-order valence-electron chi connectivity index (χ1n) is 21.8. The van der Waals surface area contributed by atoms with Gasteiger partial charge in [0.15, 0.2) is 8.07 Å². The van der Waals surface area contributed by atoms with Crippen LogP contribution in [0.3, 0.4) is 0 Å². The highest BCUT2D eigenvalue weighted by Crippen LogP contribution is 2.41. The van der Waals surface area contributed by atoms with Crippen LogP contribution >= 0.6 is 0 Å². The SMILES string of the molecule is c1ccc(-c2ccccc2-c2ccccc2-n2c3ccccc3c3ccc(-n4c5ccccc5c5c([Si](c6ccccc6)(c6ccccc6)c6ccccc6)cccc54)cc32)cc1. The molecule has 12 aromatic rings. The molecule has 0 atom stereocenters. The quantitative estimate of drug-likeness (QED) is 0.107. The van der Waals surface area contributed by atoms with E-state index in [1.54, 1.807) is 0 Å². The minimum absolute atomic E-state index is 1.13. The second-order valence-corrected chi connectivity index (χ2v) is 20.2. The van der Waals surface area contributed by atoms with Gasteiger partial charge in [-0.15, -0.1) is 0 Å². The fraction of sp³-hybridized carbons (Fsp3) is 0. The van der Waals surface area contributed by atoms with Gasteiger partial charge in [-0.25, -0.2) is 0 Å². The van der Waals surface area contributed by atoms with Crippen LogP contribution in [0.2, 0.25) is 0 Å². The minimum atomic E-state index is -2.87. The molecule has 0 saturated carbocycles.